The van der Waals surface area contributed by atoms with E-state index in [4.69, 9.17) is 9.47 Å². The maximum atomic E-state index is 11.7. The molecule has 0 radical (unpaired) electrons. The van der Waals surface area contributed by atoms with Crippen LogP contribution in [0.25, 0.3) is 11.3 Å². The summed E-state index contributed by atoms with van der Waals surface area (Å²) in [4.78, 5) is 29.2. The highest BCUT2D eigenvalue weighted by Crippen LogP contribution is 2.35. The van der Waals surface area contributed by atoms with Gasteiger partial charge < -0.3 is 9.47 Å². The third kappa shape index (κ3) is 2.68. The summed E-state index contributed by atoms with van der Waals surface area (Å²) < 4.78 is 11.1. The average Bonchev–Trinajstić information content (AvgIpc) is 3.17. The Balaban J connectivity index is 1.56. The lowest BCUT2D eigenvalue weighted by atomic mass is 10.1. The summed E-state index contributed by atoms with van der Waals surface area (Å²) in [6.45, 7) is 1.36. The predicted octanol–water partition coefficient (Wildman–Crippen LogP) is 2.23. The molecule has 1 fully saturated rings. The van der Waals surface area contributed by atoms with Crippen molar-refractivity contribution in [2.24, 2.45) is 0 Å². The van der Waals surface area contributed by atoms with Crippen LogP contribution in [0.2, 0.25) is 0 Å². The monoisotopic (exact) mass is 330 g/mol. The second-order valence-corrected chi connectivity index (χ2v) is 6.30. The molecule has 4 rings (SSSR count). The van der Waals surface area contributed by atoms with E-state index in [1.807, 2.05) is 23.6 Å². The number of carbonyl (C=O) groups excluding carboxylic acids is 2. The summed E-state index contributed by atoms with van der Waals surface area (Å²) in [5.74, 6) is 1.22. The van der Waals surface area contributed by atoms with Crippen molar-refractivity contribution < 1.29 is 19.1 Å². The molecular formula is C16H14N2O4S. The normalized spacial score (nSPS) is 17.0. The molecule has 0 unspecified atom stereocenters. The molecule has 0 spiro atoms. The Bertz CT molecular complexity index is 770. The largest absolute Gasteiger partial charge is 0.486 e. The van der Waals surface area contributed by atoms with Gasteiger partial charge in [0.05, 0.1) is 12.2 Å². The fourth-order valence-corrected chi connectivity index (χ4v) is 3.44. The lowest BCUT2D eigenvalue weighted by Crippen LogP contribution is -2.28. The quantitative estimate of drug-likeness (QED) is 0.807. The molecule has 0 aliphatic carbocycles. The van der Waals surface area contributed by atoms with E-state index in [9.17, 15) is 9.59 Å². The second-order valence-electron chi connectivity index (χ2n) is 5.36. The van der Waals surface area contributed by atoms with Gasteiger partial charge in [0.15, 0.2) is 11.5 Å². The van der Waals surface area contributed by atoms with Crippen molar-refractivity contribution in [3.8, 4) is 22.8 Å². The number of benzene rings is 1. The molecule has 1 aromatic heterocycles. The third-order valence-corrected chi connectivity index (χ3v) is 4.67. The first-order chi connectivity index (χ1) is 11.2. The van der Waals surface area contributed by atoms with Gasteiger partial charge in [-0.05, 0) is 18.2 Å². The van der Waals surface area contributed by atoms with Crippen LogP contribution in [0.5, 0.6) is 11.5 Å². The molecule has 1 aromatic carbocycles. The number of carbonyl (C=O) groups is 2. The Morgan fingerprint density at radius 3 is 2.61 bits per heavy atom. The summed E-state index contributed by atoms with van der Waals surface area (Å²) in [5.41, 5.74) is 1.73. The lowest BCUT2D eigenvalue weighted by Gasteiger charge is -2.18. The SMILES string of the molecule is O=C1CCC(=O)N1Cc1nc(-c2ccc3c(c2)OCCO3)cs1. The van der Waals surface area contributed by atoms with Gasteiger partial charge in [0.2, 0.25) is 11.8 Å². The highest BCUT2D eigenvalue weighted by Gasteiger charge is 2.29. The highest BCUT2D eigenvalue weighted by molar-refractivity contribution is 7.09. The number of hydrogen-bond acceptors (Lipinski definition) is 6. The van der Waals surface area contributed by atoms with Gasteiger partial charge in [0, 0.05) is 23.8 Å². The summed E-state index contributed by atoms with van der Waals surface area (Å²) >= 11 is 1.44. The smallest absolute Gasteiger partial charge is 0.230 e. The Hall–Kier alpha value is -2.41. The molecule has 7 heteroatoms. The summed E-state index contributed by atoms with van der Waals surface area (Å²) in [7, 11) is 0. The second kappa shape index (κ2) is 5.66. The number of thiazole rings is 1. The van der Waals surface area contributed by atoms with E-state index >= 15 is 0 Å². The Kier molecular flexibility index (Phi) is 3.49. The maximum Gasteiger partial charge on any atom is 0.230 e. The highest BCUT2D eigenvalue weighted by atomic mass is 32.1. The molecule has 2 aromatic rings. The molecule has 3 heterocycles. The minimum Gasteiger partial charge on any atom is -0.486 e. The number of nitrogens with zero attached hydrogens (tertiary/aromatic N) is 2. The van der Waals surface area contributed by atoms with Gasteiger partial charge in [0.25, 0.3) is 0 Å². The van der Waals surface area contributed by atoms with Crippen molar-refractivity contribution in [1.29, 1.82) is 0 Å². The predicted molar refractivity (Wildman–Crippen MR) is 83.3 cm³/mol. The number of ether oxygens (including phenoxy) is 2. The van der Waals surface area contributed by atoms with E-state index in [0.717, 1.165) is 22.0 Å². The van der Waals surface area contributed by atoms with E-state index in [0.29, 0.717) is 31.8 Å². The number of amides is 2. The van der Waals surface area contributed by atoms with Crippen molar-refractivity contribution >= 4 is 23.2 Å². The van der Waals surface area contributed by atoms with Gasteiger partial charge >= 0.3 is 0 Å². The van der Waals surface area contributed by atoms with Crippen molar-refractivity contribution in [3.63, 3.8) is 0 Å². The number of imide groups is 1. The summed E-state index contributed by atoms with van der Waals surface area (Å²) in [6, 6.07) is 5.70. The van der Waals surface area contributed by atoms with Gasteiger partial charge in [-0.2, -0.15) is 0 Å². The van der Waals surface area contributed by atoms with E-state index in [2.05, 4.69) is 4.98 Å². The first-order valence-corrected chi connectivity index (χ1v) is 8.26. The molecule has 2 amide bonds. The zero-order valence-electron chi connectivity index (χ0n) is 12.3. The summed E-state index contributed by atoms with van der Waals surface area (Å²) in [5, 5.41) is 2.67. The average molecular weight is 330 g/mol. The van der Waals surface area contributed by atoms with Gasteiger partial charge in [0.1, 0.15) is 18.2 Å². The van der Waals surface area contributed by atoms with Crippen LogP contribution >= 0.6 is 11.3 Å². The van der Waals surface area contributed by atoms with E-state index in [1.54, 1.807) is 0 Å². The Labute approximate surface area is 136 Å². The van der Waals surface area contributed by atoms with E-state index < -0.39 is 0 Å². The van der Waals surface area contributed by atoms with E-state index in [1.165, 1.54) is 16.2 Å². The van der Waals surface area contributed by atoms with Gasteiger partial charge in [-0.15, -0.1) is 11.3 Å². The number of aromatic nitrogens is 1. The van der Waals surface area contributed by atoms with Crippen LogP contribution in [0.1, 0.15) is 17.8 Å². The Morgan fingerprint density at radius 2 is 1.83 bits per heavy atom. The van der Waals surface area contributed by atoms with E-state index in [-0.39, 0.29) is 18.4 Å². The molecule has 0 atom stereocenters. The number of rotatable bonds is 3. The number of fused-ring (bicyclic) bond motifs is 1. The maximum absolute atomic E-state index is 11.7. The molecular weight excluding hydrogens is 316 g/mol. The molecule has 6 nitrogen and oxygen atoms in total. The van der Waals surface area contributed by atoms with Crippen LogP contribution in [0.3, 0.4) is 0 Å². The number of likely N-dealkylation sites (tertiary alicyclic amines) is 1. The molecule has 0 bridgehead atoms. The fraction of sp³-hybridized carbons (Fsp3) is 0.312. The number of hydrogen-bond donors (Lipinski definition) is 0. The third-order valence-electron chi connectivity index (χ3n) is 3.84. The van der Waals surface area contributed by atoms with Crippen molar-refractivity contribution in [2.45, 2.75) is 19.4 Å². The van der Waals surface area contributed by atoms with Crippen molar-refractivity contribution in [1.82, 2.24) is 9.88 Å². The van der Waals surface area contributed by atoms with Crippen molar-refractivity contribution in [2.75, 3.05) is 13.2 Å². The molecule has 0 N–H and O–H groups in total. The zero-order chi connectivity index (χ0) is 15.8. The van der Waals surface area contributed by atoms with Gasteiger partial charge in [-0.1, -0.05) is 0 Å². The molecule has 23 heavy (non-hydrogen) atoms. The lowest BCUT2D eigenvalue weighted by molar-refractivity contribution is -0.139. The zero-order valence-corrected chi connectivity index (χ0v) is 13.1. The van der Waals surface area contributed by atoms with Gasteiger partial charge in [-0.25, -0.2) is 4.98 Å². The van der Waals surface area contributed by atoms with Gasteiger partial charge in [-0.3, -0.25) is 14.5 Å². The van der Waals surface area contributed by atoms with Crippen LogP contribution in [0.15, 0.2) is 23.6 Å². The van der Waals surface area contributed by atoms with Crippen LogP contribution < -0.4 is 9.47 Å². The van der Waals surface area contributed by atoms with Crippen LogP contribution in [-0.4, -0.2) is 34.9 Å². The Morgan fingerprint density at radius 1 is 1.09 bits per heavy atom. The van der Waals surface area contributed by atoms with Crippen LogP contribution in [0, 0.1) is 0 Å². The molecule has 2 aliphatic rings. The first kappa shape index (κ1) is 14.2. The minimum atomic E-state index is -0.119. The summed E-state index contributed by atoms with van der Waals surface area (Å²) in [6.07, 6.45) is 0.610. The van der Waals surface area contributed by atoms with Crippen molar-refractivity contribution in [3.05, 3.63) is 28.6 Å². The standard InChI is InChI=1S/C16H14N2O4S/c19-15-3-4-16(20)18(15)8-14-17-11(9-23-14)10-1-2-12-13(7-10)22-6-5-21-12/h1-2,7,9H,3-6,8H2. The fourth-order valence-electron chi connectivity index (χ4n) is 2.65. The minimum absolute atomic E-state index is 0.119. The molecule has 1 saturated heterocycles. The molecule has 118 valence electrons. The molecule has 0 saturated carbocycles. The van der Waals surface area contributed by atoms with Crippen LogP contribution in [0.4, 0.5) is 0 Å². The van der Waals surface area contributed by atoms with Crippen LogP contribution in [-0.2, 0) is 16.1 Å². The topological polar surface area (TPSA) is 68.7 Å². The first-order valence-electron chi connectivity index (χ1n) is 7.38. The molecule has 2 aliphatic heterocycles.